The van der Waals surface area contributed by atoms with Crippen LogP contribution in [0.5, 0.6) is 0 Å². The van der Waals surface area contributed by atoms with E-state index in [0.29, 0.717) is 0 Å². The van der Waals surface area contributed by atoms with Crippen LogP contribution in [0.15, 0.2) is 21.1 Å². The van der Waals surface area contributed by atoms with Gasteiger partial charge in [-0.05, 0) is 28.1 Å². The maximum atomic E-state index is 11.2. The Kier molecular flexibility index (Phi) is 2.19. The summed E-state index contributed by atoms with van der Waals surface area (Å²) in [7, 11) is 0. The van der Waals surface area contributed by atoms with E-state index >= 15 is 0 Å². The van der Waals surface area contributed by atoms with Gasteiger partial charge in [0, 0.05) is 4.90 Å². The Morgan fingerprint density at radius 1 is 1.69 bits per heavy atom. The van der Waals surface area contributed by atoms with Gasteiger partial charge < -0.3 is 0 Å². The predicted molar refractivity (Wildman–Crippen MR) is 51.6 cm³/mol. The second-order valence-corrected chi connectivity index (χ2v) is 3.95. The predicted octanol–water partition coefficient (Wildman–Crippen LogP) is 0.739. The van der Waals surface area contributed by atoms with Gasteiger partial charge in [-0.25, -0.2) is 9.89 Å². The molecular weight excluding hydrogens is 208 g/mol. The third-order valence-electron chi connectivity index (χ3n) is 1.49. The largest absolute Gasteiger partial charge is 0.366 e. The van der Waals surface area contributed by atoms with Crippen molar-refractivity contribution in [2.45, 2.75) is 4.90 Å². The first kappa shape index (κ1) is 8.52. The molecule has 0 unspecified atom stereocenters. The Bertz CT molecular complexity index is 457. The summed E-state index contributed by atoms with van der Waals surface area (Å²) in [4.78, 5) is 12.2. The number of hydrogen-bond acceptors (Lipinski definition) is 5. The maximum Gasteiger partial charge on any atom is 0.366 e. The third kappa shape index (κ3) is 1.40. The Morgan fingerprint density at radius 3 is 3.15 bits per heavy atom. The zero-order valence-electron chi connectivity index (χ0n) is 6.72. The van der Waals surface area contributed by atoms with Crippen molar-refractivity contribution in [3.05, 3.63) is 21.9 Å². The molecule has 0 radical (unpaired) electrons. The molecular formula is C6H6N4OS2. The van der Waals surface area contributed by atoms with Crippen molar-refractivity contribution < 1.29 is 0 Å². The first-order valence-corrected chi connectivity index (χ1v) is 5.55. The molecule has 0 bridgehead atoms. The minimum atomic E-state index is -0.308. The van der Waals surface area contributed by atoms with Gasteiger partial charge in [0.1, 0.15) is 5.00 Å². The highest BCUT2D eigenvalue weighted by atomic mass is 32.2. The second-order valence-electron chi connectivity index (χ2n) is 2.21. The number of H-pyrrole nitrogens is 1. The Labute approximate surface area is 81.8 Å². The number of thioether (sulfide) groups is 1. The van der Waals surface area contributed by atoms with Crippen LogP contribution in [0.3, 0.4) is 0 Å². The fraction of sp³-hybridized carbons (Fsp3) is 0.167. The molecule has 68 valence electrons. The molecule has 2 heterocycles. The van der Waals surface area contributed by atoms with Crippen LogP contribution >= 0.6 is 23.1 Å². The molecule has 0 saturated carbocycles. The van der Waals surface area contributed by atoms with Gasteiger partial charge in [0.15, 0.2) is 0 Å². The summed E-state index contributed by atoms with van der Waals surface area (Å²) in [6.07, 6.45) is 1.96. The molecule has 0 aromatic carbocycles. The summed E-state index contributed by atoms with van der Waals surface area (Å²) < 4.78 is 1.26. The van der Waals surface area contributed by atoms with Crippen molar-refractivity contribution in [1.82, 2.24) is 20.2 Å². The number of nitrogens with zero attached hydrogens (tertiary/aromatic N) is 3. The number of rotatable bonds is 2. The number of tetrazole rings is 1. The number of aromatic nitrogens is 4. The normalized spacial score (nSPS) is 10.5. The average Bonchev–Trinajstić information content (AvgIpc) is 2.71. The Hall–Kier alpha value is -1.08. The van der Waals surface area contributed by atoms with Crippen LogP contribution in [0.4, 0.5) is 0 Å². The molecule has 0 atom stereocenters. The van der Waals surface area contributed by atoms with E-state index in [1.165, 1.54) is 16.0 Å². The molecule has 13 heavy (non-hydrogen) atoms. The quantitative estimate of drug-likeness (QED) is 0.749. The van der Waals surface area contributed by atoms with Crippen LogP contribution in [-0.4, -0.2) is 26.5 Å². The molecule has 2 aromatic heterocycles. The molecule has 0 aliphatic carbocycles. The molecule has 0 amide bonds. The minimum Gasteiger partial charge on any atom is -0.244 e. The van der Waals surface area contributed by atoms with Crippen LogP contribution in [0, 0.1) is 0 Å². The number of nitrogens with one attached hydrogen (secondary N) is 1. The molecule has 0 aliphatic heterocycles. The fourth-order valence-electron chi connectivity index (χ4n) is 0.930. The zero-order chi connectivity index (χ0) is 9.26. The van der Waals surface area contributed by atoms with Gasteiger partial charge in [-0.1, -0.05) is 0 Å². The molecule has 5 nitrogen and oxygen atoms in total. The van der Waals surface area contributed by atoms with Crippen LogP contribution in [0.2, 0.25) is 0 Å². The molecule has 2 rings (SSSR count). The SMILES string of the molecule is CSc1ccsc1-n1nn[nH]c1=O. The highest BCUT2D eigenvalue weighted by molar-refractivity contribution is 7.98. The standard InChI is InChI=1S/C6H6N4OS2/c1-12-4-2-3-13-5(4)10-6(11)7-8-9-10/h2-3H,1H3,(H,7,9,11). The summed E-state index contributed by atoms with van der Waals surface area (Å²) >= 11 is 3.04. The summed E-state index contributed by atoms with van der Waals surface area (Å²) in [5, 5.41) is 12.1. The molecule has 0 aliphatic rings. The van der Waals surface area contributed by atoms with E-state index < -0.39 is 0 Å². The third-order valence-corrected chi connectivity index (χ3v) is 3.28. The smallest absolute Gasteiger partial charge is 0.244 e. The van der Waals surface area contributed by atoms with Gasteiger partial charge in [-0.3, -0.25) is 0 Å². The van der Waals surface area contributed by atoms with E-state index in [9.17, 15) is 4.79 Å². The highest BCUT2D eigenvalue weighted by Crippen LogP contribution is 2.27. The number of hydrogen-bond donors (Lipinski definition) is 1. The van der Waals surface area contributed by atoms with Crippen LogP contribution in [0.1, 0.15) is 0 Å². The summed E-state index contributed by atoms with van der Waals surface area (Å²) in [5.41, 5.74) is -0.308. The Balaban J connectivity index is 2.58. The summed E-state index contributed by atoms with van der Waals surface area (Å²) in [5.74, 6) is 0. The molecule has 0 spiro atoms. The average molecular weight is 214 g/mol. The maximum absolute atomic E-state index is 11.2. The lowest BCUT2D eigenvalue weighted by Crippen LogP contribution is -2.15. The van der Waals surface area contributed by atoms with Crippen LogP contribution in [0.25, 0.3) is 5.00 Å². The first-order valence-electron chi connectivity index (χ1n) is 3.45. The van der Waals surface area contributed by atoms with Gasteiger partial charge in [-0.15, -0.1) is 27.8 Å². The van der Waals surface area contributed by atoms with Gasteiger partial charge in [0.25, 0.3) is 0 Å². The van der Waals surface area contributed by atoms with Crippen molar-refractivity contribution in [3.8, 4) is 5.00 Å². The van der Waals surface area contributed by atoms with Gasteiger partial charge in [0.2, 0.25) is 0 Å². The topological polar surface area (TPSA) is 63.6 Å². The summed E-state index contributed by atoms with van der Waals surface area (Å²) in [6, 6.07) is 1.95. The molecule has 0 fully saturated rings. The van der Waals surface area contributed by atoms with E-state index in [1.54, 1.807) is 11.8 Å². The van der Waals surface area contributed by atoms with E-state index in [1.807, 2.05) is 17.7 Å². The molecule has 1 N–H and O–H groups in total. The van der Waals surface area contributed by atoms with Crippen molar-refractivity contribution in [3.63, 3.8) is 0 Å². The summed E-state index contributed by atoms with van der Waals surface area (Å²) in [6.45, 7) is 0. The fourth-order valence-corrected chi connectivity index (χ4v) is 2.61. The van der Waals surface area contributed by atoms with Crippen molar-refractivity contribution in [2.75, 3.05) is 6.26 Å². The van der Waals surface area contributed by atoms with E-state index in [2.05, 4.69) is 15.5 Å². The number of thiophene rings is 1. The monoisotopic (exact) mass is 214 g/mol. The van der Waals surface area contributed by atoms with E-state index in [4.69, 9.17) is 0 Å². The van der Waals surface area contributed by atoms with Crippen LogP contribution < -0.4 is 5.69 Å². The lowest BCUT2D eigenvalue weighted by molar-refractivity contribution is 0.781. The van der Waals surface area contributed by atoms with Gasteiger partial charge in [-0.2, -0.15) is 0 Å². The van der Waals surface area contributed by atoms with Crippen molar-refractivity contribution >= 4 is 23.1 Å². The lowest BCUT2D eigenvalue weighted by atomic mass is 10.6. The molecule has 0 saturated heterocycles. The van der Waals surface area contributed by atoms with Crippen LogP contribution in [-0.2, 0) is 0 Å². The van der Waals surface area contributed by atoms with Crippen molar-refractivity contribution in [1.29, 1.82) is 0 Å². The van der Waals surface area contributed by atoms with E-state index in [0.717, 1.165) is 9.90 Å². The number of aromatic amines is 1. The first-order chi connectivity index (χ1) is 6.33. The molecule has 7 heteroatoms. The molecule has 2 aromatic rings. The zero-order valence-corrected chi connectivity index (χ0v) is 8.35. The second kappa shape index (κ2) is 3.35. The van der Waals surface area contributed by atoms with Gasteiger partial charge >= 0.3 is 5.69 Å². The van der Waals surface area contributed by atoms with E-state index in [-0.39, 0.29) is 5.69 Å². The minimum absolute atomic E-state index is 0.308. The van der Waals surface area contributed by atoms with Gasteiger partial charge in [0.05, 0.1) is 0 Å². The van der Waals surface area contributed by atoms with Crippen molar-refractivity contribution in [2.24, 2.45) is 0 Å². The highest BCUT2D eigenvalue weighted by Gasteiger charge is 2.09. The lowest BCUT2D eigenvalue weighted by Gasteiger charge is -1.95. The Morgan fingerprint density at radius 2 is 2.54 bits per heavy atom.